The molecule has 0 spiro atoms. The van der Waals surface area contributed by atoms with Crippen molar-refractivity contribution in [2.75, 3.05) is 18.4 Å². The number of nitrogens with one attached hydrogen (secondary N) is 1. The van der Waals surface area contributed by atoms with Crippen LogP contribution in [0.2, 0.25) is 0 Å². The van der Waals surface area contributed by atoms with E-state index >= 15 is 0 Å². The van der Waals surface area contributed by atoms with Gasteiger partial charge in [0.05, 0.1) is 12.5 Å². The summed E-state index contributed by atoms with van der Waals surface area (Å²) in [6, 6.07) is 4.66. The van der Waals surface area contributed by atoms with E-state index in [1.807, 2.05) is 6.92 Å². The largest absolute Gasteiger partial charge is 0.330 e. The highest BCUT2D eigenvalue weighted by molar-refractivity contribution is 5.97. The number of hydrogen-bond donors (Lipinski definition) is 2. The standard InChI is InChI=1S/C18H26N4O4/c1-2-3-7-14(12-21(26)13-23)18(25)22-11-6-8-15(22)17(24)20-16-9-4-5-10-19-16/h4-5,9-10,13-15,26H,2-3,6-8,11-12H2,1H3,(H,19,20,24)/t14-,15+/m1/s1. The number of hydroxylamine groups is 2. The molecule has 0 aromatic carbocycles. The fourth-order valence-corrected chi connectivity index (χ4v) is 3.20. The van der Waals surface area contributed by atoms with Crippen LogP contribution < -0.4 is 5.32 Å². The first-order valence-electron chi connectivity index (χ1n) is 9.00. The number of carbonyl (C=O) groups excluding carboxylic acids is 3. The molecule has 1 aliphatic heterocycles. The molecule has 1 saturated heterocycles. The molecule has 0 radical (unpaired) electrons. The van der Waals surface area contributed by atoms with E-state index in [9.17, 15) is 19.6 Å². The Bertz CT molecular complexity index is 610. The Morgan fingerprint density at radius 3 is 2.96 bits per heavy atom. The topological polar surface area (TPSA) is 103 Å². The molecule has 2 rings (SSSR count). The average Bonchev–Trinajstić information content (AvgIpc) is 3.15. The van der Waals surface area contributed by atoms with Crippen LogP contribution in [-0.2, 0) is 14.4 Å². The van der Waals surface area contributed by atoms with Crippen molar-refractivity contribution in [3.05, 3.63) is 24.4 Å². The molecule has 1 fully saturated rings. The molecule has 0 aliphatic carbocycles. The van der Waals surface area contributed by atoms with Gasteiger partial charge in [-0.05, 0) is 31.4 Å². The number of carbonyl (C=O) groups is 3. The van der Waals surface area contributed by atoms with Crippen molar-refractivity contribution in [1.82, 2.24) is 14.9 Å². The third-order valence-electron chi connectivity index (χ3n) is 4.54. The predicted molar refractivity (Wildman–Crippen MR) is 95.2 cm³/mol. The van der Waals surface area contributed by atoms with E-state index in [2.05, 4.69) is 10.3 Å². The van der Waals surface area contributed by atoms with Crippen LogP contribution in [-0.4, -0.2) is 57.5 Å². The maximum absolute atomic E-state index is 12.9. The zero-order chi connectivity index (χ0) is 18.9. The van der Waals surface area contributed by atoms with Crippen molar-refractivity contribution >= 4 is 24.0 Å². The van der Waals surface area contributed by atoms with E-state index in [0.717, 1.165) is 19.3 Å². The molecule has 0 unspecified atom stereocenters. The normalized spacial score (nSPS) is 17.6. The van der Waals surface area contributed by atoms with Crippen LogP contribution in [0.1, 0.15) is 39.0 Å². The van der Waals surface area contributed by atoms with Crippen LogP contribution in [0.15, 0.2) is 24.4 Å². The summed E-state index contributed by atoms with van der Waals surface area (Å²) in [5, 5.41) is 12.7. The molecule has 2 atom stereocenters. The van der Waals surface area contributed by atoms with Gasteiger partial charge in [0.15, 0.2) is 0 Å². The van der Waals surface area contributed by atoms with Crippen LogP contribution in [0.3, 0.4) is 0 Å². The van der Waals surface area contributed by atoms with E-state index in [-0.39, 0.29) is 18.4 Å². The summed E-state index contributed by atoms with van der Waals surface area (Å²) in [5.41, 5.74) is 0. The van der Waals surface area contributed by atoms with Gasteiger partial charge in [-0.3, -0.25) is 19.6 Å². The van der Waals surface area contributed by atoms with Crippen molar-refractivity contribution < 1.29 is 19.6 Å². The van der Waals surface area contributed by atoms with Crippen molar-refractivity contribution in [1.29, 1.82) is 0 Å². The summed E-state index contributed by atoms with van der Waals surface area (Å²) in [6.07, 6.45) is 5.47. The lowest BCUT2D eigenvalue weighted by atomic mass is 9.99. The van der Waals surface area contributed by atoms with Crippen molar-refractivity contribution in [2.45, 2.75) is 45.1 Å². The first-order valence-corrected chi connectivity index (χ1v) is 9.00. The smallest absolute Gasteiger partial charge is 0.248 e. The predicted octanol–water partition coefficient (Wildman–Crippen LogP) is 1.67. The molecule has 2 N–H and O–H groups in total. The SMILES string of the molecule is CCCC[C@H](CN(O)C=O)C(=O)N1CCC[C@H]1C(=O)Nc1ccccn1. The molecule has 1 aromatic heterocycles. The van der Waals surface area contributed by atoms with Gasteiger partial charge in [0.2, 0.25) is 18.2 Å². The lowest BCUT2D eigenvalue weighted by Crippen LogP contribution is -2.47. The first-order chi connectivity index (χ1) is 12.6. The molecule has 142 valence electrons. The van der Waals surface area contributed by atoms with Gasteiger partial charge in [0, 0.05) is 12.7 Å². The van der Waals surface area contributed by atoms with Crippen molar-refractivity contribution in [3.63, 3.8) is 0 Å². The maximum atomic E-state index is 12.9. The van der Waals surface area contributed by atoms with E-state index in [1.165, 1.54) is 0 Å². The number of pyridine rings is 1. The lowest BCUT2D eigenvalue weighted by Gasteiger charge is -2.29. The van der Waals surface area contributed by atoms with Gasteiger partial charge < -0.3 is 10.2 Å². The number of aromatic nitrogens is 1. The molecule has 0 saturated carbocycles. The second-order valence-corrected chi connectivity index (χ2v) is 6.46. The van der Waals surface area contributed by atoms with Gasteiger partial charge in [0.1, 0.15) is 11.9 Å². The molecular formula is C18H26N4O4. The number of hydrogen-bond acceptors (Lipinski definition) is 5. The summed E-state index contributed by atoms with van der Waals surface area (Å²) in [4.78, 5) is 41.9. The minimum absolute atomic E-state index is 0.0621. The zero-order valence-electron chi connectivity index (χ0n) is 15.0. The average molecular weight is 362 g/mol. The van der Waals surface area contributed by atoms with Gasteiger partial charge in [-0.2, -0.15) is 0 Å². The van der Waals surface area contributed by atoms with Gasteiger partial charge in [-0.15, -0.1) is 0 Å². The highest BCUT2D eigenvalue weighted by Crippen LogP contribution is 2.23. The third-order valence-corrected chi connectivity index (χ3v) is 4.54. The molecule has 26 heavy (non-hydrogen) atoms. The first kappa shape index (κ1) is 19.8. The Hall–Kier alpha value is -2.48. The molecule has 2 heterocycles. The van der Waals surface area contributed by atoms with Crippen molar-refractivity contribution in [3.8, 4) is 0 Å². The monoisotopic (exact) mass is 362 g/mol. The Labute approximate surface area is 153 Å². The Morgan fingerprint density at radius 2 is 2.31 bits per heavy atom. The molecule has 1 aromatic rings. The molecule has 8 heteroatoms. The van der Waals surface area contributed by atoms with Gasteiger partial charge in [-0.1, -0.05) is 25.8 Å². The quantitative estimate of drug-likeness (QED) is 0.395. The number of rotatable bonds is 9. The van der Waals surface area contributed by atoms with E-state index < -0.39 is 12.0 Å². The van der Waals surface area contributed by atoms with E-state index in [4.69, 9.17) is 0 Å². The van der Waals surface area contributed by atoms with Gasteiger partial charge >= 0.3 is 0 Å². The Morgan fingerprint density at radius 1 is 1.50 bits per heavy atom. The summed E-state index contributed by atoms with van der Waals surface area (Å²) >= 11 is 0. The van der Waals surface area contributed by atoms with Crippen molar-refractivity contribution in [2.24, 2.45) is 5.92 Å². The lowest BCUT2D eigenvalue weighted by molar-refractivity contribution is -0.157. The fourth-order valence-electron chi connectivity index (χ4n) is 3.20. The molecule has 1 aliphatic rings. The third kappa shape index (κ3) is 5.26. The Balaban J connectivity index is 2.06. The highest BCUT2D eigenvalue weighted by Gasteiger charge is 2.37. The molecule has 8 nitrogen and oxygen atoms in total. The van der Waals surface area contributed by atoms with E-state index in [0.29, 0.717) is 36.7 Å². The molecule has 0 bridgehead atoms. The van der Waals surface area contributed by atoms with E-state index in [1.54, 1.807) is 29.3 Å². The maximum Gasteiger partial charge on any atom is 0.248 e. The van der Waals surface area contributed by atoms with Gasteiger partial charge in [0.25, 0.3) is 0 Å². The zero-order valence-corrected chi connectivity index (χ0v) is 15.0. The number of amides is 3. The summed E-state index contributed by atoms with van der Waals surface area (Å²) in [6.45, 7) is 2.44. The highest BCUT2D eigenvalue weighted by atomic mass is 16.5. The van der Waals surface area contributed by atoms with Crippen LogP contribution in [0, 0.1) is 5.92 Å². The molecule has 3 amide bonds. The minimum Gasteiger partial charge on any atom is -0.330 e. The second kappa shape index (κ2) is 9.86. The fraction of sp³-hybridized carbons (Fsp3) is 0.556. The number of anilines is 1. The van der Waals surface area contributed by atoms with Crippen LogP contribution in [0.5, 0.6) is 0 Å². The summed E-state index contributed by atoms with van der Waals surface area (Å²) in [5.74, 6) is -0.534. The Kier molecular flexibility index (Phi) is 7.53. The second-order valence-electron chi connectivity index (χ2n) is 6.46. The van der Waals surface area contributed by atoms with Gasteiger partial charge in [-0.25, -0.2) is 10.0 Å². The number of nitrogens with zero attached hydrogens (tertiary/aromatic N) is 3. The molecular weight excluding hydrogens is 336 g/mol. The number of likely N-dealkylation sites (tertiary alicyclic amines) is 1. The summed E-state index contributed by atoms with van der Waals surface area (Å²) in [7, 11) is 0. The number of unbranched alkanes of at least 4 members (excludes halogenated alkanes) is 1. The van der Waals surface area contributed by atoms with Crippen LogP contribution >= 0.6 is 0 Å². The summed E-state index contributed by atoms with van der Waals surface area (Å²) < 4.78 is 0. The van der Waals surface area contributed by atoms with Crippen LogP contribution in [0.4, 0.5) is 5.82 Å². The minimum atomic E-state index is -0.558. The van der Waals surface area contributed by atoms with Crippen LogP contribution in [0.25, 0.3) is 0 Å².